The van der Waals surface area contributed by atoms with Crippen LogP contribution in [0.1, 0.15) is 31.4 Å². The second-order valence-electron chi connectivity index (χ2n) is 6.28. The highest BCUT2D eigenvalue weighted by Crippen LogP contribution is 2.32. The zero-order chi connectivity index (χ0) is 15.2. The number of para-hydroxylation sites is 1. The van der Waals surface area contributed by atoms with E-state index in [4.69, 9.17) is 4.74 Å². The number of nitrogens with one attached hydrogen (secondary N) is 1. The normalized spacial score (nSPS) is 21.9. The average molecular weight is 303 g/mol. The van der Waals surface area contributed by atoms with Crippen LogP contribution < -0.4 is 10.1 Å². The molecule has 122 valence electrons. The molecular formula is C18H29N3O. The van der Waals surface area contributed by atoms with Gasteiger partial charge in [0.1, 0.15) is 5.75 Å². The van der Waals surface area contributed by atoms with E-state index in [-0.39, 0.29) is 0 Å². The standard InChI is InChI=1S/C18H29N3O/c1-2-22-18-8-4-3-7-16(18)17(21-11-5-6-12-21)15-20-13-9-19-10-14-20/h3-4,7-8,17,19H,2,5-6,9-15H2,1H3. The topological polar surface area (TPSA) is 27.7 Å². The lowest BCUT2D eigenvalue weighted by molar-refractivity contribution is 0.147. The summed E-state index contributed by atoms with van der Waals surface area (Å²) in [6, 6.07) is 9.08. The Morgan fingerprint density at radius 2 is 1.82 bits per heavy atom. The third-order valence-electron chi connectivity index (χ3n) is 4.80. The van der Waals surface area contributed by atoms with Crippen molar-refractivity contribution in [1.29, 1.82) is 0 Å². The second kappa shape index (κ2) is 7.95. The monoisotopic (exact) mass is 303 g/mol. The SMILES string of the molecule is CCOc1ccccc1C(CN1CCNCC1)N1CCCC1. The third-order valence-corrected chi connectivity index (χ3v) is 4.80. The zero-order valence-electron chi connectivity index (χ0n) is 13.8. The Morgan fingerprint density at radius 3 is 2.55 bits per heavy atom. The van der Waals surface area contributed by atoms with Crippen molar-refractivity contribution in [2.75, 3.05) is 52.4 Å². The van der Waals surface area contributed by atoms with Crippen molar-refractivity contribution in [3.8, 4) is 5.75 Å². The van der Waals surface area contributed by atoms with Gasteiger partial charge in [0, 0.05) is 38.3 Å². The molecule has 0 radical (unpaired) electrons. The van der Waals surface area contributed by atoms with Gasteiger partial charge in [-0.05, 0) is 38.9 Å². The van der Waals surface area contributed by atoms with Gasteiger partial charge >= 0.3 is 0 Å². The first kappa shape index (κ1) is 15.8. The van der Waals surface area contributed by atoms with Gasteiger partial charge in [-0.3, -0.25) is 9.80 Å². The van der Waals surface area contributed by atoms with Crippen molar-refractivity contribution < 1.29 is 4.74 Å². The summed E-state index contributed by atoms with van der Waals surface area (Å²) in [4.78, 5) is 5.25. The average Bonchev–Trinajstić information content (AvgIpc) is 3.09. The molecule has 1 aromatic carbocycles. The van der Waals surface area contributed by atoms with Crippen molar-refractivity contribution >= 4 is 0 Å². The van der Waals surface area contributed by atoms with Crippen molar-refractivity contribution in [2.45, 2.75) is 25.8 Å². The van der Waals surface area contributed by atoms with Gasteiger partial charge in [-0.15, -0.1) is 0 Å². The summed E-state index contributed by atoms with van der Waals surface area (Å²) in [5, 5.41) is 3.45. The van der Waals surface area contributed by atoms with E-state index in [1.807, 2.05) is 0 Å². The van der Waals surface area contributed by atoms with Crippen LogP contribution in [0.4, 0.5) is 0 Å². The fourth-order valence-corrected chi connectivity index (χ4v) is 3.64. The van der Waals surface area contributed by atoms with Crippen molar-refractivity contribution in [2.24, 2.45) is 0 Å². The van der Waals surface area contributed by atoms with Gasteiger partial charge in [-0.25, -0.2) is 0 Å². The van der Waals surface area contributed by atoms with Gasteiger partial charge in [0.2, 0.25) is 0 Å². The van der Waals surface area contributed by atoms with E-state index in [0.717, 1.165) is 45.1 Å². The molecule has 0 amide bonds. The number of ether oxygens (including phenoxy) is 1. The van der Waals surface area contributed by atoms with Crippen LogP contribution in [0.3, 0.4) is 0 Å². The molecule has 2 fully saturated rings. The lowest BCUT2D eigenvalue weighted by Crippen LogP contribution is -2.47. The van der Waals surface area contributed by atoms with Gasteiger partial charge < -0.3 is 10.1 Å². The first-order valence-corrected chi connectivity index (χ1v) is 8.77. The second-order valence-corrected chi connectivity index (χ2v) is 6.28. The van der Waals surface area contributed by atoms with E-state index in [1.54, 1.807) is 0 Å². The van der Waals surface area contributed by atoms with E-state index >= 15 is 0 Å². The smallest absolute Gasteiger partial charge is 0.124 e. The molecule has 0 saturated carbocycles. The van der Waals surface area contributed by atoms with Crippen molar-refractivity contribution in [3.63, 3.8) is 0 Å². The summed E-state index contributed by atoms with van der Waals surface area (Å²) in [6.45, 7) is 10.9. The lowest BCUT2D eigenvalue weighted by atomic mass is 10.0. The number of nitrogens with zero attached hydrogens (tertiary/aromatic N) is 2. The van der Waals surface area contributed by atoms with Crippen LogP contribution in [0.15, 0.2) is 24.3 Å². The minimum atomic E-state index is 0.461. The molecule has 0 bridgehead atoms. The molecule has 0 spiro atoms. The van der Waals surface area contributed by atoms with E-state index in [9.17, 15) is 0 Å². The Bertz CT molecular complexity index is 453. The maximum atomic E-state index is 5.91. The van der Waals surface area contributed by atoms with E-state index in [1.165, 1.54) is 31.5 Å². The first-order chi connectivity index (χ1) is 10.9. The van der Waals surface area contributed by atoms with Crippen LogP contribution in [0.5, 0.6) is 5.75 Å². The summed E-state index contributed by atoms with van der Waals surface area (Å²) in [5.41, 5.74) is 1.37. The fraction of sp³-hybridized carbons (Fsp3) is 0.667. The molecule has 22 heavy (non-hydrogen) atoms. The van der Waals surface area contributed by atoms with Gasteiger partial charge in [0.05, 0.1) is 12.6 Å². The highest BCUT2D eigenvalue weighted by atomic mass is 16.5. The summed E-state index contributed by atoms with van der Waals surface area (Å²) in [5.74, 6) is 1.07. The highest BCUT2D eigenvalue weighted by molar-refractivity contribution is 5.36. The maximum absolute atomic E-state index is 5.91. The Labute approximate surface area is 134 Å². The van der Waals surface area contributed by atoms with Crippen LogP contribution >= 0.6 is 0 Å². The molecule has 4 nitrogen and oxygen atoms in total. The molecule has 2 aliphatic heterocycles. The number of benzene rings is 1. The summed E-state index contributed by atoms with van der Waals surface area (Å²) >= 11 is 0. The first-order valence-electron chi connectivity index (χ1n) is 8.77. The maximum Gasteiger partial charge on any atom is 0.124 e. The molecule has 2 heterocycles. The number of rotatable bonds is 6. The molecule has 1 unspecified atom stereocenters. The Morgan fingerprint density at radius 1 is 1.09 bits per heavy atom. The summed E-state index contributed by atoms with van der Waals surface area (Å²) < 4.78 is 5.91. The minimum absolute atomic E-state index is 0.461. The Kier molecular flexibility index (Phi) is 5.70. The highest BCUT2D eigenvalue weighted by Gasteiger charge is 2.28. The quantitative estimate of drug-likeness (QED) is 0.871. The molecule has 1 aromatic rings. The van der Waals surface area contributed by atoms with E-state index in [0.29, 0.717) is 6.04 Å². The molecule has 3 rings (SSSR count). The molecule has 1 atom stereocenters. The molecule has 0 aliphatic carbocycles. The minimum Gasteiger partial charge on any atom is -0.494 e. The van der Waals surface area contributed by atoms with Gasteiger partial charge in [0.25, 0.3) is 0 Å². The Balaban J connectivity index is 1.80. The van der Waals surface area contributed by atoms with Crippen LogP contribution in [0.2, 0.25) is 0 Å². The van der Waals surface area contributed by atoms with E-state index < -0.39 is 0 Å². The third kappa shape index (κ3) is 3.80. The molecule has 1 N–H and O–H groups in total. The predicted octanol–water partition coefficient (Wildman–Crippen LogP) is 2.13. The largest absolute Gasteiger partial charge is 0.494 e. The zero-order valence-corrected chi connectivity index (χ0v) is 13.8. The van der Waals surface area contributed by atoms with Gasteiger partial charge in [-0.2, -0.15) is 0 Å². The molecule has 2 aliphatic rings. The van der Waals surface area contributed by atoms with Crippen molar-refractivity contribution in [1.82, 2.24) is 15.1 Å². The van der Waals surface area contributed by atoms with E-state index in [2.05, 4.69) is 46.3 Å². The van der Waals surface area contributed by atoms with Gasteiger partial charge in [-0.1, -0.05) is 18.2 Å². The predicted molar refractivity (Wildman–Crippen MR) is 90.5 cm³/mol. The molecule has 0 aromatic heterocycles. The lowest BCUT2D eigenvalue weighted by Gasteiger charge is -2.36. The number of hydrogen-bond acceptors (Lipinski definition) is 4. The number of piperazine rings is 1. The fourth-order valence-electron chi connectivity index (χ4n) is 3.64. The van der Waals surface area contributed by atoms with Crippen LogP contribution in [0.25, 0.3) is 0 Å². The van der Waals surface area contributed by atoms with Crippen LogP contribution in [-0.4, -0.2) is 62.2 Å². The van der Waals surface area contributed by atoms with Crippen LogP contribution in [-0.2, 0) is 0 Å². The Hall–Kier alpha value is -1.10. The van der Waals surface area contributed by atoms with Crippen LogP contribution in [0, 0.1) is 0 Å². The number of likely N-dealkylation sites (tertiary alicyclic amines) is 1. The number of hydrogen-bond donors (Lipinski definition) is 1. The summed E-state index contributed by atoms with van der Waals surface area (Å²) in [7, 11) is 0. The molecule has 4 heteroatoms. The van der Waals surface area contributed by atoms with Gasteiger partial charge in [0.15, 0.2) is 0 Å². The molecule has 2 saturated heterocycles. The van der Waals surface area contributed by atoms with Crippen molar-refractivity contribution in [3.05, 3.63) is 29.8 Å². The summed E-state index contributed by atoms with van der Waals surface area (Å²) in [6.07, 6.45) is 2.66. The molecular weight excluding hydrogens is 274 g/mol.